The predicted molar refractivity (Wildman–Crippen MR) is 87.1 cm³/mol. The summed E-state index contributed by atoms with van der Waals surface area (Å²) in [7, 11) is -4.17. The Morgan fingerprint density at radius 2 is 1.86 bits per heavy atom. The molecular formula is C15H16BrNO3S. The third-order valence-corrected chi connectivity index (χ3v) is 4.47. The van der Waals surface area contributed by atoms with Gasteiger partial charge in [0.25, 0.3) is 10.1 Å². The van der Waals surface area contributed by atoms with Crippen LogP contribution in [0.5, 0.6) is 0 Å². The number of nitrogens with zero attached hydrogens (tertiary/aromatic N) is 1. The van der Waals surface area contributed by atoms with Gasteiger partial charge < -0.3 is 4.90 Å². The SMILES string of the molecule is CCN(Cc1cccc(S(=O)(=O)O)c1)c1cccc(Br)c1. The minimum Gasteiger partial charge on any atom is -0.367 e. The van der Waals surface area contributed by atoms with Crippen molar-refractivity contribution in [2.45, 2.75) is 18.4 Å². The largest absolute Gasteiger partial charge is 0.367 e. The molecule has 0 aliphatic rings. The first-order valence-electron chi connectivity index (χ1n) is 6.47. The Kier molecular flexibility index (Phi) is 5.03. The predicted octanol–water partition coefficient (Wildman–Crippen LogP) is 3.72. The molecule has 0 spiro atoms. The lowest BCUT2D eigenvalue weighted by molar-refractivity contribution is 0.483. The van der Waals surface area contributed by atoms with Crippen LogP contribution in [0.4, 0.5) is 5.69 Å². The van der Waals surface area contributed by atoms with Crippen LogP contribution < -0.4 is 4.90 Å². The number of benzene rings is 2. The van der Waals surface area contributed by atoms with E-state index in [9.17, 15) is 8.42 Å². The zero-order valence-electron chi connectivity index (χ0n) is 11.5. The molecule has 1 N–H and O–H groups in total. The van der Waals surface area contributed by atoms with Gasteiger partial charge in [-0.15, -0.1) is 0 Å². The molecule has 0 saturated carbocycles. The van der Waals surface area contributed by atoms with Gasteiger partial charge in [0.05, 0.1) is 4.90 Å². The van der Waals surface area contributed by atoms with Crippen LogP contribution >= 0.6 is 15.9 Å². The van der Waals surface area contributed by atoms with Gasteiger partial charge in [0.2, 0.25) is 0 Å². The van der Waals surface area contributed by atoms with Crippen molar-refractivity contribution >= 4 is 31.7 Å². The highest BCUT2D eigenvalue weighted by Crippen LogP contribution is 2.22. The molecule has 2 rings (SSSR count). The van der Waals surface area contributed by atoms with Crippen molar-refractivity contribution in [2.24, 2.45) is 0 Å². The van der Waals surface area contributed by atoms with Crippen molar-refractivity contribution in [3.8, 4) is 0 Å². The minimum absolute atomic E-state index is 0.0784. The molecule has 0 aromatic heterocycles. The molecular weight excluding hydrogens is 354 g/mol. The Balaban J connectivity index is 2.27. The molecule has 0 aliphatic carbocycles. The van der Waals surface area contributed by atoms with Gasteiger partial charge in [0.1, 0.15) is 0 Å². The molecule has 0 unspecified atom stereocenters. The van der Waals surface area contributed by atoms with Gasteiger partial charge in [-0.3, -0.25) is 4.55 Å². The highest BCUT2D eigenvalue weighted by Gasteiger charge is 2.11. The van der Waals surface area contributed by atoms with E-state index in [4.69, 9.17) is 4.55 Å². The lowest BCUT2D eigenvalue weighted by Crippen LogP contribution is -2.22. The molecule has 0 amide bonds. The molecule has 6 heteroatoms. The summed E-state index contributed by atoms with van der Waals surface area (Å²) < 4.78 is 32.5. The Morgan fingerprint density at radius 1 is 1.14 bits per heavy atom. The zero-order chi connectivity index (χ0) is 15.5. The van der Waals surface area contributed by atoms with E-state index in [0.717, 1.165) is 22.3 Å². The summed E-state index contributed by atoms with van der Waals surface area (Å²) in [5.74, 6) is 0. The smallest absolute Gasteiger partial charge is 0.294 e. The first-order chi connectivity index (χ1) is 9.90. The Morgan fingerprint density at radius 3 is 2.48 bits per heavy atom. The van der Waals surface area contributed by atoms with E-state index in [0.29, 0.717) is 6.54 Å². The van der Waals surface area contributed by atoms with Crippen molar-refractivity contribution < 1.29 is 13.0 Å². The van der Waals surface area contributed by atoms with Crippen molar-refractivity contribution in [3.05, 3.63) is 58.6 Å². The second-order valence-electron chi connectivity index (χ2n) is 4.62. The van der Waals surface area contributed by atoms with Gasteiger partial charge in [0.15, 0.2) is 0 Å². The minimum atomic E-state index is -4.17. The van der Waals surface area contributed by atoms with Gasteiger partial charge in [-0.25, -0.2) is 0 Å². The van der Waals surface area contributed by atoms with Crippen LogP contribution in [0, 0.1) is 0 Å². The van der Waals surface area contributed by atoms with E-state index in [2.05, 4.69) is 20.8 Å². The maximum Gasteiger partial charge on any atom is 0.294 e. The van der Waals surface area contributed by atoms with Crippen LogP contribution in [0.2, 0.25) is 0 Å². The first-order valence-corrected chi connectivity index (χ1v) is 8.70. The maximum atomic E-state index is 11.2. The van der Waals surface area contributed by atoms with Crippen LogP contribution in [0.25, 0.3) is 0 Å². The quantitative estimate of drug-likeness (QED) is 0.815. The lowest BCUT2D eigenvalue weighted by atomic mass is 10.2. The van der Waals surface area contributed by atoms with E-state index < -0.39 is 10.1 Å². The maximum absolute atomic E-state index is 11.2. The number of anilines is 1. The zero-order valence-corrected chi connectivity index (χ0v) is 13.9. The first kappa shape index (κ1) is 16.0. The standard InChI is InChI=1S/C15H16BrNO3S/c1-2-17(14-7-4-6-13(16)10-14)11-12-5-3-8-15(9-12)21(18,19)20/h3-10H,2,11H2,1H3,(H,18,19,20). The van der Waals surface area contributed by atoms with Gasteiger partial charge in [-0.1, -0.05) is 34.1 Å². The third kappa shape index (κ3) is 4.30. The lowest BCUT2D eigenvalue weighted by Gasteiger charge is -2.23. The van der Waals surface area contributed by atoms with Crippen LogP contribution in [-0.2, 0) is 16.7 Å². The topological polar surface area (TPSA) is 57.6 Å². The fraction of sp³-hybridized carbons (Fsp3) is 0.200. The number of halogens is 1. The molecule has 0 fully saturated rings. The molecule has 0 radical (unpaired) electrons. The summed E-state index contributed by atoms with van der Waals surface area (Å²) in [6, 6.07) is 14.3. The van der Waals surface area contributed by atoms with E-state index in [1.54, 1.807) is 6.07 Å². The van der Waals surface area contributed by atoms with Crippen molar-refractivity contribution in [3.63, 3.8) is 0 Å². The van der Waals surface area contributed by atoms with Crippen LogP contribution in [-0.4, -0.2) is 19.5 Å². The number of hydrogen-bond acceptors (Lipinski definition) is 3. The molecule has 2 aromatic rings. The Bertz CT molecular complexity index is 731. The van der Waals surface area contributed by atoms with E-state index in [1.165, 1.54) is 12.1 Å². The van der Waals surface area contributed by atoms with Crippen LogP contribution in [0.15, 0.2) is 57.9 Å². The van der Waals surface area contributed by atoms with E-state index in [1.807, 2.05) is 37.3 Å². The van der Waals surface area contributed by atoms with Gasteiger partial charge in [0, 0.05) is 23.2 Å². The van der Waals surface area contributed by atoms with Crippen LogP contribution in [0.3, 0.4) is 0 Å². The van der Waals surface area contributed by atoms with Crippen molar-refractivity contribution in [1.82, 2.24) is 0 Å². The molecule has 0 saturated heterocycles. The summed E-state index contributed by atoms with van der Waals surface area (Å²) in [6.45, 7) is 3.39. The molecule has 112 valence electrons. The van der Waals surface area contributed by atoms with Gasteiger partial charge in [-0.2, -0.15) is 8.42 Å². The Labute approximate surface area is 133 Å². The van der Waals surface area contributed by atoms with E-state index >= 15 is 0 Å². The second-order valence-corrected chi connectivity index (χ2v) is 6.95. The summed E-state index contributed by atoms with van der Waals surface area (Å²) >= 11 is 3.44. The highest BCUT2D eigenvalue weighted by atomic mass is 79.9. The molecule has 0 heterocycles. The van der Waals surface area contributed by atoms with Gasteiger partial charge >= 0.3 is 0 Å². The van der Waals surface area contributed by atoms with Crippen LogP contribution in [0.1, 0.15) is 12.5 Å². The third-order valence-electron chi connectivity index (χ3n) is 3.12. The average molecular weight is 370 g/mol. The van der Waals surface area contributed by atoms with Crippen molar-refractivity contribution in [2.75, 3.05) is 11.4 Å². The van der Waals surface area contributed by atoms with Crippen molar-refractivity contribution in [1.29, 1.82) is 0 Å². The molecule has 0 bridgehead atoms. The average Bonchev–Trinajstić information content (AvgIpc) is 2.44. The summed E-state index contributed by atoms with van der Waals surface area (Å²) in [6.07, 6.45) is 0. The summed E-state index contributed by atoms with van der Waals surface area (Å²) in [5.41, 5.74) is 1.87. The molecule has 0 aliphatic heterocycles. The molecule has 2 aromatic carbocycles. The number of rotatable bonds is 5. The fourth-order valence-corrected chi connectivity index (χ4v) is 3.02. The highest BCUT2D eigenvalue weighted by molar-refractivity contribution is 9.10. The molecule has 0 atom stereocenters. The molecule has 21 heavy (non-hydrogen) atoms. The molecule has 4 nitrogen and oxygen atoms in total. The summed E-state index contributed by atoms with van der Waals surface area (Å²) in [4.78, 5) is 2.04. The van der Waals surface area contributed by atoms with Gasteiger partial charge in [-0.05, 0) is 42.8 Å². The Hall–Kier alpha value is -1.37. The summed E-state index contributed by atoms with van der Waals surface area (Å²) in [5, 5.41) is 0. The van der Waals surface area contributed by atoms with E-state index in [-0.39, 0.29) is 4.90 Å². The fourth-order valence-electron chi connectivity index (χ4n) is 2.08. The monoisotopic (exact) mass is 369 g/mol. The normalized spacial score (nSPS) is 11.4. The number of hydrogen-bond donors (Lipinski definition) is 1. The second kappa shape index (κ2) is 6.60.